The van der Waals surface area contributed by atoms with Crippen molar-refractivity contribution in [2.24, 2.45) is 5.73 Å². The molecule has 1 unspecified atom stereocenters. The zero-order chi connectivity index (χ0) is 13.3. The minimum atomic E-state index is -1.21. The van der Waals surface area contributed by atoms with Gasteiger partial charge in [-0.3, -0.25) is 4.79 Å². The molecule has 0 radical (unpaired) electrons. The first-order valence-corrected chi connectivity index (χ1v) is 5.86. The minimum absolute atomic E-state index is 0.365. The van der Waals surface area contributed by atoms with Gasteiger partial charge in [-0.1, -0.05) is 12.1 Å². The first kappa shape index (κ1) is 12.6. The number of hydrogen-bond donors (Lipinski definition) is 2. The van der Waals surface area contributed by atoms with E-state index in [1.54, 1.807) is 0 Å². The molecule has 0 amide bonds. The second kappa shape index (κ2) is 4.42. The number of fused-ring (bicyclic) bond motifs is 1. The number of hydrogen-bond acceptors (Lipinski definition) is 3. The average molecular weight is 247 g/mol. The molecule has 0 saturated heterocycles. The number of carboxylic acids is 1. The van der Waals surface area contributed by atoms with Gasteiger partial charge in [-0.05, 0) is 32.4 Å². The van der Waals surface area contributed by atoms with E-state index in [0.717, 1.165) is 16.9 Å². The zero-order valence-electron chi connectivity index (χ0n) is 10.6. The number of aliphatic carboxylic acids is 1. The largest absolute Gasteiger partial charge is 0.480 e. The first-order valence-electron chi connectivity index (χ1n) is 5.86. The average Bonchev–Trinajstić information content (AvgIpc) is 2.62. The number of benzene rings is 1. The van der Waals surface area contributed by atoms with Crippen LogP contribution < -0.4 is 5.73 Å². The molecule has 0 fully saturated rings. The van der Waals surface area contributed by atoms with Gasteiger partial charge in [0.25, 0.3) is 0 Å². The summed E-state index contributed by atoms with van der Waals surface area (Å²) in [6.45, 7) is 3.99. The molecule has 0 spiro atoms. The number of imidazole rings is 1. The standard InChI is InChI=1S/C13H17N3O2/c1-9-15-10-5-3-4-6-11(10)16(9)8-7-13(2,14)12(17)18/h3-6H,7-8,14H2,1-2H3,(H,17,18). The highest BCUT2D eigenvalue weighted by molar-refractivity contribution is 5.78. The van der Waals surface area contributed by atoms with Crippen LogP contribution in [0.25, 0.3) is 11.0 Å². The van der Waals surface area contributed by atoms with Gasteiger partial charge in [-0.2, -0.15) is 0 Å². The van der Waals surface area contributed by atoms with Crippen LogP contribution in [-0.4, -0.2) is 26.2 Å². The van der Waals surface area contributed by atoms with Gasteiger partial charge in [0.1, 0.15) is 11.4 Å². The molecular formula is C13H17N3O2. The zero-order valence-corrected chi connectivity index (χ0v) is 10.6. The lowest BCUT2D eigenvalue weighted by Crippen LogP contribution is -2.45. The smallest absolute Gasteiger partial charge is 0.323 e. The van der Waals surface area contributed by atoms with Crippen molar-refractivity contribution in [2.45, 2.75) is 32.4 Å². The normalized spacial score (nSPS) is 14.6. The summed E-state index contributed by atoms with van der Waals surface area (Å²) in [6.07, 6.45) is 0.365. The molecule has 2 aromatic rings. The van der Waals surface area contributed by atoms with Crippen molar-refractivity contribution in [3.8, 4) is 0 Å². The van der Waals surface area contributed by atoms with Crippen molar-refractivity contribution >= 4 is 17.0 Å². The molecule has 0 bridgehead atoms. The lowest BCUT2D eigenvalue weighted by Gasteiger charge is -2.19. The van der Waals surface area contributed by atoms with Gasteiger partial charge in [-0.25, -0.2) is 4.98 Å². The molecular weight excluding hydrogens is 230 g/mol. The van der Waals surface area contributed by atoms with Crippen molar-refractivity contribution in [3.63, 3.8) is 0 Å². The molecule has 2 rings (SSSR count). The van der Waals surface area contributed by atoms with E-state index in [-0.39, 0.29) is 0 Å². The number of para-hydroxylation sites is 2. The molecule has 1 atom stereocenters. The molecule has 5 nitrogen and oxygen atoms in total. The number of aryl methyl sites for hydroxylation is 2. The first-order chi connectivity index (χ1) is 8.42. The summed E-state index contributed by atoms with van der Waals surface area (Å²) in [5.41, 5.74) is 6.46. The van der Waals surface area contributed by atoms with E-state index in [1.807, 2.05) is 35.8 Å². The lowest BCUT2D eigenvalue weighted by molar-refractivity contribution is -0.143. The Morgan fingerprint density at radius 3 is 2.83 bits per heavy atom. The Hall–Kier alpha value is -1.88. The van der Waals surface area contributed by atoms with Crippen molar-refractivity contribution in [3.05, 3.63) is 30.1 Å². The Bertz CT molecular complexity index is 587. The Labute approximate surface area is 105 Å². The summed E-state index contributed by atoms with van der Waals surface area (Å²) in [4.78, 5) is 15.4. The van der Waals surface area contributed by atoms with Gasteiger partial charge >= 0.3 is 5.97 Å². The number of rotatable bonds is 4. The monoisotopic (exact) mass is 247 g/mol. The lowest BCUT2D eigenvalue weighted by atomic mass is 10.00. The van der Waals surface area contributed by atoms with Crippen LogP contribution in [0.15, 0.2) is 24.3 Å². The molecule has 0 aliphatic carbocycles. The fraction of sp³-hybridized carbons (Fsp3) is 0.385. The molecule has 0 aliphatic heterocycles. The van der Waals surface area contributed by atoms with E-state index in [0.29, 0.717) is 13.0 Å². The summed E-state index contributed by atoms with van der Waals surface area (Å²) in [7, 11) is 0. The van der Waals surface area contributed by atoms with Gasteiger partial charge in [0, 0.05) is 6.54 Å². The summed E-state index contributed by atoms with van der Waals surface area (Å²) < 4.78 is 2.00. The van der Waals surface area contributed by atoms with Crippen LogP contribution in [0.1, 0.15) is 19.2 Å². The maximum absolute atomic E-state index is 11.0. The SMILES string of the molecule is Cc1nc2ccccc2n1CCC(C)(N)C(=O)O. The summed E-state index contributed by atoms with van der Waals surface area (Å²) >= 11 is 0. The Morgan fingerprint density at radius 1 is 1.50 bits per heavy atom. The number of carboxylic acid groups (broad SMARTS) is 1. The summed E-state index contributed by atoms with van der Waals surface area (Å²) in [5, 5.41) is 9.00. The predicted molar refractivity (Wildman–Crippen MR) is 69.3 cm³/mol. The third-order valence-electron chi connectivity index (χ3n) is 3.19. The van der Waals surface area contributed by atoms with E-state index < -0.39 is 11.5 Å². The molecule has 3 N–H and O–H groups in total. The van der Waals surface area contributed by atoms with E-state index >= 15 is 0 Å². The quantitative estimate of drug-likeness (QED) is 0.858. The van der Waals surface area contributed by atoms with Crippen molar-refractivity contribution < 1.29 is 9.90 Å². The Morgan fingerprint density at radius 2 is 2.17 bits per heavy atom. The Balaban J connectivity index is 2.27. The molecule has 1 aromatic carbocycles. The van der Waals surface area contributed by atoms with Gasteiger partial charge in [0.05, 0.1) is 11.0 Å². The number of nitrogens with zero attached hydrogens (tertiary/aromatic N) is 2. The molecule has 0 aliphatic rings. The minimum Gasteiger partial charge on any atom is -0.480 e. The van der Waals surface area contributed by atoms with E-state index in [1.165, 1.54) is 6.92 Å². The second-order valence-electron chi connectivity index (χ2n) is 4.77. The van der Waals surface area contributed by atoms with Gasteiger partial charge < -0.3 is 15.4 Å². The van der Waals surface area contributed by atoms with Crippen molar-refractivity contribution in [1.82, 2.24) is 9.55 Å². The molecule has 96 valence electrons. The Kier molecular flexibility index (Phi) is 3.09. The third-order valence-corrected chi connectivity index (χ3v) is 3.19. The molecule has 5 heteroatoms. The van der Waals surface area contributed by atoms with Gasteiger partial charge in [0.2, 0.25) is 0 Å². The van der Waals surface area contributed by atoms with Crippen LogP contribution in [0.2, 0.25) is 0 Å². The van der Waals surface area contributed by atoms with E-state index in [9.17, 15) is 4.79 Å². The predicted octanol–water partition coefficient (Wildman–Crippen LogP) is 1.54. The number of nitrogens with two attached hydrogens (primary N) is 1. The van der Waals surface area contributed by atoms with Crippen molar-refractivity contribution in [1.29, 1.82) is 0 Å². The molecule has 1 aromatic heterocycles. The topological polar surface area (TPSA) is 81.1 Å². The van der Waals surface area contributed by atoms with Crippen LogP contribution in [0.5, 0.6) is 0 Å². The molecule has 0 saturated carbocycles. The van der Waals surface area contributed by atoms with Crippen LogP contribution in [0.4, 0.5) is 0 Å². The maximum Gasteiger partial charge on any atom is 0.323 e. The highest BCUT2D eigenvalue weighted by Crippen LogP contribution is 2.17. The number of aromatic nitrogens is 2. The van der Waals surface area contributed by atoms with Gasteiger partial charge in [-0.15, -0.1) is 0 Å². The second-order valence-corrected chi connectivity index (χ2v) is 4.77. The van der Waals surface area contributed by atoms with Crippen LogP contribution in [0.3, 0.4) is 0 Å². The van der Waals surface area contributed by atoms with Gasteiger partial charge in [0.15, 0.2) is 0 Å². The summed E-state index contributed by atoms with van der Waals surface area (Å²) in [6, 6.07) is 7.80. The molecule has 18 heavy (non-hydrogen) atoms. The number of carbonyl (C=O) groups is 1. The third kappa shape index (κ3) is 2.22. The highest BCUT2D eigenvalue weighted by Gasteiger charge is 2.27. The maximum atomic E-state index is 11.0. The molecule has 1 heterocycles. The van der Waals surface area contributed by atoms with Crippen LogP contribution in [-0.2, 0) is 11.3 Å². The van der Waals surface area contributed by atoms with E-state index in [2.05, 4.69) is 4.98 Å². The summed E-state index contributed by atoms with van der Waals surface area (Å²) in [5.74, 6) is -0.109. The van der Waals surface area contributed by atoms with Crippen LogP contribution >= 0.6 is 0 Å². The fourth-order valence-electron chi connectivity index (χ4n) is 1.93. The fourth-order valence-corrected chi connectivity index (χ4v) is 1.93. The van der Waals surface area contributed by atoms with Crippen LogP contribution in [0, 0.1) is 6.92 Å². The van der Waals surface area contributed by atoms with Crippen molar-refractivity contribution in [2.75, 3.05) is 0 Å². The van der Waals surface area contributed by atoms with E-state index in [4.69, 9.17) is 10.8 Å². The highest BCUT2D eigenvalue weighted by atomic mass is 16.4.